The lowest BCUT2D eigenvalue weighted by molar-refractivity contribution is 0.749. The summed E-state index contributed by atoms with van der Waals surface area (Å²) in [5, 5.41) is 4.46. The van der Waals surface area contributed by atoms with E-state index in [1.165, 1.54) is 29.9 Å². The van der Waals surface area contributed by atoms with Crippen LogP contribution in [-0.2, 0) is 0 Å². The molecule has 0 fully saturated rings. The summed E-state index contributed by atoms with van der Waals surface area (Å²) < 4.78 is 0. The Hall–Kier alpha value is -0.220. The quantitative estimate of drug-likeness (QED) is 0.740. The second-order valence-corrected chi connectivity index (χ2v) is 5.83. The molecular weight excluding hydrogens is 224 g/mol. The molecule has 1 aromatic rings. The van der Waals surface area contributed by atoms with Gasteiger partial charge >= 0.3 is 0 Å². The van der Waals surface area contributed by atoms with Crippen molar-refractivity contribution in [1.82, 2.24) is 4.98 Å². The summed E-state index contributed by atoms with van der Waals surface area (Å²) in [6.07, 6.45) is 6.06. The number of aromatic nitrogens is 1. The maximum Gasteiger partial charge on any atom is 0.183 e. The van der Waals surface area contributed by atoms with E-state index in [0.29, 0.717) is 0 Å². The Morgan fingerprint density at radius 3 is 2.67 bits per heavy atom. The van der Waals surface area contributed by atoms with Crippen molar-refractivity contribution in [1.29, 1.82) is 0 Å². The average Bonchev–Trinajstić information content (AvgIpc) is 2.52. The number of thiazole rings is 1. The highest BCUT2D eigenvalue weighted by atomic mass is 32.2. The molecule has 1 rings (SSSR count). The zero-order chi connectivity index (χ0) is 11.1. The Kier molecular flexibility index (Phi) is 6.10. The van der Waals surface area contributed by atoms with Crippen molar-refractivity contribution < 1.29 is 0 Å². The van der Waals surface area contributed by atoms with E-state index in [-0.39, 0.29) is 0 Å². The van der Waals surface area contributed by atoms with Gasteiger partial charge in [-0.1, -0.05) is 6.42 Å². The standard InChI is InChI=1S/C11H20N2S2/c1-9-10(2)15-11(13-9)12-7-5-4-6-8-14-3/h4-8H2,1-3H3,(H,12,13). The molecule has 0 aliphatic heterocycles. The molecule has 1 N–H and O–H groups in total. The molecule has 0 saturated carbocycles. The van der Waals surface area contributed by atoms with Crippen molar-refractivity contribution in [3.63, 3.8) is 0 Å². The molecule has 0 bridgehead atoms. The van der Waals surface area contributed by atoms with E-state index in [9.17, 15) is 0 Å². The van der Waals surface area contributed by atoms with Crippen LogP contribution in [0.15, 0.2) is 0 Å². The number of nitrogens with zero attached hydrogens (tertiary/aromatic N) is 1. The van der Waals surface area contributed by atoms with Gasteiger partial charge in [-0.25, -0.2) is 4.98 Å². The average molecular weight is 244 g/mol. The van der Waals surface area contributed by atoms with Crippen molar-refractivity contribution in [3.8, 4) is 0 Å². The highest BCUT2D eigenvalue weighted by Gasteiger charge is 2.01. The molecular formula is C11H20N2S2. The minimum Gasteiger partial charge on any atom is -0.362 e. The van der Waals surface area contributed by atoms with Crippen LogP contribution < -0.4 is 5.32 Å². The van der Waals surface area contributed by atoms with E-state index in [2.05, 4.69) is 30.4 Å². The molecule has 0 spiro atoms. The summed E-state index contributed by atoms with van der Waals surface area (Å²) >= 11 is 3.69. The number of hydrogen-bond donors (Lipinski definition) is 1. The highest BCUT2D eigenvalue weighted by Crippen LogP contribution is 2.20. The third kappa shape index (κ3) is 4.89. The maximum absolute atomic E-state index is 4.45. The Balaban J connectivity index is 2.10. The summed E-state index contributed by atoms with van der Waals surface area (Å²) in [4.78, 5) is 5.77. The van der Waals surface area contributed by atoms with Crippen molar-refractivity contribution in [3.05, 3.63) is 10.6 Å². The first-order chi connectivity index (χ1) is 7.24. The summed E-state index contributed by atoms with van der Waals surface area (Å²) in [5.74, 6) is 1.29. The number of hydrogen-bond acceptors (Lipinski definition) is 4. The molecule has 0 aliphatic rings. The molecule has 86 valence electrons. The first-order valence-electron chi connectivity index (χ1n) is 5.41. The van der Waals surface area contributed by atoms with Gasteiger partial charge in [-0.3, -0.25) is 0 Å². The van der Waals surface area contributed by atoms with Crippen LogP contribution in [0.1, 0.15) is 29.8 Å². The predicted octanol–water partition coefficient (Wildman–Crippen LogP) is 3.71. The lowest BCUT2D eigenvalue weighted by atomic mass is 10.2. The molecule has 0 unspecified atom stereocenters. The van der Waals surface area contributed by atoms with Crippen molar-refractivity contribution in [2.45, 2.75) is 33.1 Å². The van der Waals surface area contributed by atoms with Crippen LogP contribution in [0.5, 0.6) is 0 Å². The van der Waals surface area contributed by atoms with Gasteiger partial charge in [0.1, 0.15) is 0 Å². The predicted molar refractivity (Wildman–Crippen MR) is 72.3 cm³/mol. The van der Waals surface area contributed by atoms with Gasteiger partial charge in [0, 0.05) is 11.4 Å². The van der Waals surface area contributed by atoms with Crippen molar-refractivity contribution in [2.75, 3.05) is 23.9 Å². The molecule has 0 radical (unpaired) electrons. The fraction of sp³-hybridized carbons (Fsp3) is 0.727. The maximum atomic E-state index is 4.45. The zero-order valence-electron chi connectivity index (χ0n) is 9.80. The largest absolute Gasteiger partial charge is 0.362 e. The SMILES string of the molecule is CSCCCCCNc1nc(C)c(C)s1. The third-order valence-electron chi connectivity index (χ3n) is 2.33. The Morgan fingerprint density at radius 2 is 2.07 bits per heavy atom. The fourth-order valence-corrected chi connectivity index (χ4v) is 2.62. The highest BCUT2D eigenvalue weighted by molar-refractivity contribution is 7.98. The Morgan fingerprint density at radius 1 is 1.27 bits per heavy atom. The summed E-state index contributed by atoms with van der Waals surface area (Å²) in [7, 11) is 0. The number of nitrogens with one attached hydrogen (secondary N) is 1. The first-order valence-corrected chi connectivity index (χ1v) is 7.62. The van der Waals surface area contributed by atoms with Gasteiger partial charge in [-0.05, 0) is 38.7 Å². The van der Waals surface area contributed by atoms with Crippen LogP contribution >= 0.6 is 23.1 Å². The summed E-state index contributed by atoms with van der Waals surface area (Å²) in [6.45, 7) is 5.24. The summed E-state index contributed by atoms with van der Waals surface area (Å²) in [6, 6.07) is 0. The second kappa shape index (κ2) is 7.12. The molecule has 1 aromatic heterocycles. The molecule has 0 amide bonds. The fourth-order valence-electron chi connectivity index (χ4n) is 1.29. The van der Waals surface area contributed by atoms with Gasteiger partial charge in [0.05, 0.1) is 5.69 Å². The van der Waals surface area contributed by atoms with Gasteiger partial charge in [-0.15, -0.1) is 11.3 Å². The molecule has 15 heavy (non-hydrogen) atoms. The molecule has 0 aliphatic carbocycles. The van der Waals surface area contributed by atoms with Crippen molar-refractivity contribution in [2.24, 2.45) is 0 Å². The number of rotatable bonds is 7. The van der Waals surface area contributed by atoms with Crippen molar-refractivity contribution >= 4 is 28.2 Å². The molecule has 4 heteroatoms. The van der Waals surface area contributed by atoms with E-state index in [1.807, 2.05) is 11.8 Å². The number of aryl methyl sites for hydroxylation is 2. The Labute approximate surface area is 101 Å². The minimum absolute atomic E-state index is 1.06. The van der Waals surface area contributed by atoms with E-state index >= 15 is 0 Å². The van der Waals surface area contributed by atoms with E-state index in [4.69, 9.17) is 0 Å². The van der Waals surface area contributed by atoms with E-state index in [1.54, 1.807) is 11.3 Å². The normalized spacial score (nSPS) is 10.6. The molecule has 0 saturated heterocycles. The van der Waals surface area contributed by atoms with Crippen LogP contribution in [0.3, 0.4) is 0 Å². The van der Waals surface area contributed by atoms with Crippen LogP contribution in [0.4, 0.5) is 5.13 Å². The number of thioether (sulfide) groups is 1. The third-order valence-corrected chi connectivity index (χ3v) is 4.06. The van der Waals surface area contributed by atoms with Crippen LogP contribution in [0.25, 0.3) is 0 Å². The van der Waals surface area contributed by atoms with Gasteiger partial charge < -0.3 is 5.32 Å². The van der Waals surface area contributed by atoms with Crippen LogP contribution in [0, 0.1) is 13.8 Å². The number of anilines is 1. The van der Waals surface area contributed by atoms with Gasteiger partial charge in [-0.2, -0.15) is 11.8 Å². The van der Waals surface area contributed by atoms with Gasteiger partial charge in [0.25, 0.3) is 0 Å². The lowest BCUT2D eigenvalue weighted by Crippen LogP contribution is -2.01. The minimum atomic E-state index is 1.06. The number of unbranched alkanes of at least 4 members (excludes halogenated alkanes) is 2. The van der Waals surface area contributed by atoms with Crippen LogP contribution in [0.2, 0.25) is 0 Å². The Bertz CT molecular complexity index is 265. The summed E-state index contributed by atoms with van der Waals surface area (Å²) in [5.41, 5.74) is 1.16. The second-order valence-electron chi connectivity index (χ2n) is 3.64. The zero-order valence-corrected chi connectivity index (χ0v) is 11.4. The molecule has 1 heterocycles. The molecule has 0 atom stereocenters. The first kappa shape index (κ1) is 12.8. The van der Waals surface area contributed by atoms with E-state index in [0.717, 1.165) is 17.4 Å². The topological polar surface area (TPSA) is 24.9 Å². The molecule has 0 aromatic carbocycles. The smallest absolute Gasteiger partial charge is 0.183 e. The molecule has 2 nitrogen and oxygen atoms in total. The monoisotopic (exact) mass is 244 g/mol. The van der Waals surface area contributed by atoms with Crippen LogP contribution in [-0.4, -0.2) is 23.5 Å². The lowest BCUT2D eigenvalue weighted by Gasteiger charge is -2.01. The van der Waals surface area contributed by atoms with Gasteiger partial charge in [0.2, 0.25) is 0 Å². The van der Waals surface area contributed by atoms with Gasteiger partial charge in [0.15, 0.2) is 5.13 Å². The van der Waals surface area contributed by atoms with E-state index < -0.39 is 0 Å².